The van der Waals surface area contributed by atoms with Gasteiger partial charge in [0.25, 0.3) is 5.91 Å². The highest BCUT2D eigenvalue weighted by Gasteiger charge is 2.30. The number of benzene rings is 1. The maximum Gasteiger partial charge on any atom is 0.261 e. The number of piperidine rings is 1. The second-order valence-corrected chi connectivity index (χ2v) is 8.41. The van der Waals surface area contributed by atoms with E-state index in [9.17, 15) is 4.79 Å². The van der Waals surface area contributed by atoms with E-state index in [1.807, 2.05) is 0 Å². The van der Waals surface area contributed by atoms with Crippen LogP contribution in [0.5, 0.6) is 0 Å². The van der Waals surface area contributed by atoms with Crippen molar-refractivity contribution in [2.45, 2.75) is 51.1 Å². The van der Waals surface area contributed by atoms with Gasteiger partial charge in [0.2, 0.25) is 0 Å². The molecule has 132 valence electrons. The largest absolute Gasteiger partial charge is 0.349 e. The molecule has 2 aromatic rings. The maximum absolute atomic E-state index is 12.6. The van der Waals surface area contributed by atoms with Crippen LogP contribution in [-0.4, -0.2) is 29.9 Å². The highest BCUT2D eigenvalue weighted by molar-refractivity contribution is 7.12. The lowest BCUT2D eigenvalue weighted by atomic mass is 10.0. The molecule has 4 rings (SSSR count). The molecule has 3 nitrogen and oxygen atoms in total. The number of hydrogen-bond donors (Lipinski definition) is 1. The predicted molar refractivity (Wildman–Crippen MR) is 103 cm³/mol. The predicted octanol–water partition coefficient (Wildman–Crippen LogP) is 4.33. The molecule has 2 fully saturated rings. The van der Waals surface area contributed by atoms with Crippen LogP contribution >= 0.6 is 11.3 Å². The van der Waals surface area contributed by atoms with E-state index >= 15 is 0 Å². The average molecular weight is 355 g/mol. The molecule has 2 aliphatic rings. The second-order valence-electron chi connectivity index (χ2n) is 7.49. The Bertz CT molecular complexity index is 742. The van der Waals surface area contributed by atoms with Crippen molar-refractivity contribution in [1.82, 2.24) is 10.2 Å². The smallest absolute Gasteiger partial charge is 0.261 e. The van der Waals surface area contributed by atoms with Crippen molar-refractivity contribution in [3.05, 3.63) is 57.3 Å². The van der Waals surface area contributed by atoms with Crippen molar-refractivity contribution in [3.8, 4) is 0 Å². The number of carbonyl (C=O) groups excluding carboxylic acids is 1. The molecular weight excluding hydrogens is 328 g/mol. The number of likely N-dealkylation sites (tertiary alicyclic amines) is 1. The monoisotopic (exact) mass is 354 g/mol. The summed E-state index contributed by atoms with van der Waals surface area (Å²) in [6.45, 7) is 5.27. The molecule has 0 bridgehead atoms. The van der Waals surface area contributed by atoms with Crippen molar-refractivity contribution < 1.29 is 4.79 Å². The van der Waals surface area contributed by atoms with Gasteiger partial charge < -0.3 is 5.32 Å². The first-order chi connectivity index (χ1) is 12.2. The van der Waals surface area contributed by atoms with Gasteiger partial charge >= 0.3 is 0 Å². The summed E-state index contributed by atoms with van der Waals surface area (Å²) < 4.78 is 0. The molecule has 25 heavy (non-hydrogen) atoms. The average Bonchev–Trinajstić information content (AvgIpc) is 3.33. The molecule has 0 unspecified atom stereocenters. The molecule has 1 amide bonds. The van der Waals surface area contributed by atoms with E-state index in [1.165, 1.54) is 29.5 Å². The minimum absolute atomic E-state index is 0.147. The third-order valence-electron chi connectivity index (χ3n) is 5.33. The Morgan fingerprint density at radius 2 is 2.00 bits per heavy atom. The highest BCUT2D eigenvalue weighted by Crippen LogP contribution is 2.43. The Labute approximate surface area is 154 Å². The van der Waals surface area contributed by atoms with Crippen LogP contribution in [0.3, 0.4) is 0 Å². The summed E-state index contributed by atoms with van der Waals surface area (Å²) in [5.41, 5.74) is 3.98. The summed E-state index contributed by atoms with van der Waals surface area (Å²) in [7, 11) is 0. The summed E-state index contributed by atoms with van der Waals surface area (Å²) in [5, 5.41) is 5.35. The summed E-state index contributed by atoms with van der Waals surface area (Å²) in [5.74, 6) is 0.789. The van der Waals surface area contributed by atoms with Crippen LogP contribution in [0.25, 0.3) is 0 Å². The molecule has 1 aliphatic heterocycles. The highest BCUT2D eigenvalue weighted by atomic mass is 32.1. The molecule has 1 saturated carbocycles. The topological polar surface area (TPSA) is 32.3 Å². The number of amides is 1. The van der Waals surface area contributed by atoms with E-state index in [0.717, 1.165) is 37.4 Å². The molecule has 1 aliphatic carbocycles. The van der Waals surface area contributed by atoms with E-state index in [1.54, 1.807) is 11.3 Å². The number of thiophene rings is 1. The zero-order valence-electron chi connectivity index (χ0n) is 14.8. The first-order valence-electron chi connectivity index (χ1n) is 9.35. The number of nitrogens with zero attached hydrogens (tertiary/aromatic N) is 1. The number of hydrogen-bond acceptors (Lipinski definition) is 3. The fourth-order valence-corrected chi connectivity index (χ4v) is 4.66. The van der Waals surface area contributed by atoms with E-state index in [0.29, 0.717) is 12.0 Å². The van der Waals surface area contributed by atoms with Gasteiger partial charge in [-0.25, -0.2) is 0 Å². The second kappa shape index (κ2) is 7.30. The first-order valence-corrected chi connectivity index (χ1v) is 10.2. The van der Waals surface area contributed by atoms with Crippen molar-refractivity contribution >= 4 is 17.2 Å². The Balaban J connectivity index is 1.28. The zero-order valence-corrected chi connectivity index (χ0v) is 15.6. The van der Waals surface area contributed by atoms with Gasteiger partial charge in [0.15, 0.2) is 0 Å². The van der Waals surface area contributed by atoms with E-state index in [2.05, 4.69) is 52.9 Å². The third-order valence-corrected chi connectivity index (χ3v) is 6.26. The van der Waals surface area contributed by atoms with Crippen LogP contribution < -0.4 is 5.32 Å². The molecule has 1 saturated heterocycles. The Morgan fingerprint density at radius 3 is 2.72 bits per heavy atom. The number of carbonyl (C=O) groups is 1. The molecule has 0 atom stereocenters. The Kier molecular flexibility index (Phi) is 4.91. The lowest BCUT2D eigenvalue weighted by Gasteiger charge is -2.32. The molecule has 2 heterocycles. The van der Waals surface area contributed by atoms with Gasteiger partial charge in [-0.1, -0.05) is 29.8 Å². The van der Waals surface area contributed by atoms with Crippen LogP contribution in [0.1, 0.15) is 58.0 Å². The van der Waals surface area contributed by atoms with Crippen molar-refractivity contribution in [2.24, 2.45) is 0 Å². The van der Waals surface area contributed by atoms with Crippen molar-refractivity contribution in [3.63, 3.8) is 0 Å². The molecule has 0 radical (unpaired) electrons. The summed E-state index contributed by atoms with van der Waals surface area (Å²) in [6.07, 6.45) is 4.58. The third kappa shape index (κ3) is 4.13. The fourth-order valence-electron chi connectivity index (χ4n) is 3.77. The number of aryl methyl sites for hydroxylation is 1. The molecule has 1 N–H and O–H groups in total. The van der Waals surface area contributed by atoms with Crippen molar-refractivity contribution in [2.75, 3.05) is 13.1 Å². The van der Waals surface area contributed by atoms with Gasteiger partial charge in [0.1, 0.15) is 0 Å². The molecule has 0 spiro atoms. The lowest BCUT2D eigenvalue weighted by molar-refractivity contribution is 0.0912. The summed E-state index contributed by atoms with van der Waals surface area (Å²) in [4.78, 5) is 16.1. The van der Waals surface area contributed by atoms with E-state index in [4.69, 9.17) is 0 Å². The fraction of sp³-hybridized carbons (Fsp3) is 0.476. The number of rotatable bonds is 5. The lowest BCUT2D eigenvalue weighted by Crippen LogP contribution is -2.44. The minimum atomic E-state index is 0.147. The summed E-state index contributed by atoms with van der Waals surface area (Å²) in [6, 6.07) is 11.2. The minimum Gasteiger partial charge on any atom is -0.349 e. The quantitative estimate of drug-likeness (QED) is 0.867. The SMILES string of the molecule is Cc1cccc(CN2CCC(NC(=O)c3sccc3C3CC3)CC2)c1. The van der Waals surface area contributed by atoms with Crippen LogP contribution in [-0.2, 0) is 6.54 Å². The summed E-state index contributed by atoms with van der Waals surface area (Å²) >= 11 is 1.60. The standard InChI is InChI=1S/C21H26N2OS/c1-15-3-2-4-16(13-15)14-23-10-7-18(8-11-23)22-21(24)20-19(9-12-25-20)17-5-6-17/h2-4,9,12-13,17-18H,5-8,10-11,14H2,1H3,(H,22,24). The van der Waals surface area contributed by atoms with Gasteiger partial charge in [0, 0.05) is 25.7 Å². The Hall–Kier alpha value is -1.65. The van der Waals surface area contributed by atoms with E-state index < -0.39 is 0 Å². The van der Waals surface area contributed by atoms with E-state index in [-0.39, 0.29) is 5.91 Å². The van der Waals surface area contributed by atoms with Gasteiger partial charge in [0.05, 0.1) is 4.88 Å². The van der Waals surface area contributed by atoms with Gasteiger partial charge in [-0.05, 0) is 61.1 Å². The Morgan fingerprint density at radius 1 is 1.20 bits per heavy atom. The zero-order chi connectivity index (χ0) is 17.2. The number of nitrogens with one attached hydrogen (secondary N) is 1. The molecular formula is C21H26N2OS. The van der Waals surface area contributed by atoms with Gasteiger partial charge in [-0.3, -0.25) is 9.69 Å². The first kappa shape index (κ1) is 16.8. The van der Waals surface area contributed by atoms with Gasteiger partial charge in [-0.15, -0.1) is 11.3 Å². The van der Waals surface area contributed by atoms with Crippen LogP contribution in [0.15, 0.2) is 35.7 Å². The van der Waals surface area contributed by atoms with Crippen LogP contribution in [0.4, 0.5) is 0 Å². The van der Waals surface area contributed by atoms with Crippen LogP contribution in [0, 0.1) is 6.92 Å². The van der Waals surface area contributed by atoms with Gasteiger partial charge in [-0.2, -0.15) is 0 Å². The van der Waals surface area contributed by atoms with Crippen LogP contribution in [0.2, 0.25) is 0 Å². The normalized spacial score (nSPS) is 19.1. The molecule has 4 heteroatoms. The maximum atomic E-state index is 12.6. The molecule has 1 aromatic carbocycles. The molecule has 1 aromatic heterocycles. The van der Waals surface area contributed by atoms with Crippen molar-refractivity contribution in [1.29, 1.82) is 0 Å².